The Bertz CT molecular complexity index is 772. The summed E-state index contributed by atoms with van der Waals surface area (Å²) < 4.78 is 5.83. The Kier molecular flexibility index (Phi) is 5.88. The van der Waals surface area contributed by atoms with E-state index < -0.39 is 0 Å². The van der Waals surface area contributed by atoms with E-state index in [0.29, 0.717) is 18.2 Å². The predicted molar refractivity (Wildman–Crippen MR) is 110 cm³/mol. The zero-order chi connectivity index (χ0) is 19.4. The summed E-state index contributed by atoms with van der Waals surface area (Å²) >= 11 is 0. The van der Waals surface area contributed by atoms with Crippen LogP contribution in [0.15, 0.2) is 54.7 Å². The lowest BCUT2D eigenvalue weighted by atomic mass is 9.62. The maximum atomic E-state index is 13.6. The van der Waals surface area contributed by atoms with Crippen LogP contribution in [0.5, 0.6) is 0 Å². The summed E-state index contributed by atoms with van der Waals surface area (Å²) in [6.07, 6.45) is 5.62. The Labute approximate surface area is 167 Å². The summed E-state index contributed by atoms with van der Waals surface area (Å²) in [7, 11) is 0. The minimum Gasteiger partial charge on any atom is -0.378 e. The molecule has 2 unspecified atom stereocenters. The van der Waals surface area contributed by atoms with Crippen molar-refractivity contribution in [3.63, 3.8) is 0 Å². The second-order valence-electron chi connectivity index (χ2n) is 8.37. The average molecular weight is 379 g/mol. The second-order valence-corrected chi connectivity index (χ2v) is 8.37. The number of Topliss-reactive ketones (excluding diaryl/α,β-unsaturated/α-hetero) is 1. The van der Waals surface area contributed by atoms with Gasteiger partial charge in [-0.2, -0.15) is 0 Å². The molecule has 1 aromatic carbocycles. The summed E-state index contributed by atoms with van der Waals surface area (Å²) in [5.74, 6) is 0.630. The van der Waals surface area contributed by atoms with Crippen LogP contribution in [0.4, 0.5) is 0 Å². The van der Waals surface area contributed by atoms with Crippen molar-refractivity contribution in [1.82, 2.24) is 9.88 Å². The van der Waals surface area contributed by atoms with Crippen LogP contribution in [0.3, 0.4) is 0 Å². The number of carbonyl (C=O) groups is 1. The highest BCUT2D eigenvalue weighted by Crippen LogP contribution is 2.47. The smallest absolute Gasteiger partial charge is 0.187 e. The molecule has 0 saturated carbocycles. The van der Waals surface area contributed by atoms with Crippen LogP contribution in [-0.2, 0) is 11.3 Å². The first-order chi connectivity index (χ1) is 13.7. The van der Waals surface area contributed by atoms with Crippen LogP contribution in [0, 0.1) is 11.3 Å². The standard InChI is InChI=1S/C24H30N2O2/c1-19-17-24(12-16-28-19,23(27)22-9-5-6-13-25-22)21-10-14-26(15-11-21)18-20-7-3-2-4-8-20/h2-9,13,19,21H,10-12,14-18H2,1H3. The number of pyridine rings is 1. The van der Waals surface area contributed by atoms with Crippen LogP contribution in [0.1, 0.15) is 48.7 Å². The quantitative estimate of drug-likeness (QED) is 0.725. The van der Waals surface area contributed by atoms with Crippen molar-refractivity contribution in [2.75, 3.05) is 19.7 Å². The summed E-state index contributed by atoms with van der Waals surface area (Å²) in [4.78, 5) is 20.5. The first-order valence-corrected chi connectivity index (χ1v) is 10.5. The molecule has 0 spiro atoms. The third kappa shape index (κ3) is 4.03. The van der Waals surface area contributed by atoms with Crippen LogP contribution < -0.4 is 0 Å². The van der Waals surface area contributed by atoms with Crippen LogP contribution in [-0.4, -0.2) is 41.5 Å². The van der Waals surface area contributed by atoms with E-state index in [2.05, 4.69) is 47.1 Å². The van der Waals surface area contributed by atoms with Crippen molar-refractivity contribution >= 4 is 5.78 Å². The van der Waals surface area contributed by atoms with E-state index in [1.807, 2.05) is 18.2 Å². The van der Waals surface area contributed by atoms with Gasteiger partial charge in [-0.1, -0.05) is 36.4 Å². The van der Waals surface area contributed by atoms with Crippen molar-refractivity contribution in [2.45, 2.75) is 45.3 Å². The molecule has 2 aromatic rings. The second kappa shape index (κ2) is 8.54. The molecule has 2 fully saturated rings. The Balaban J connectivity index is 1.49. The van der Waals surface area contributed by atoms with Crippen molar-refractivity contribution in [2.24, 2.45) is 11.3 Å². The Morgan fingerprint density at radius 2 is 1.89 bits per heavy atom. The SMILES string of the molecule is CC1CC(C(=O)c2ccccn2)(C2CCN(Cc3ccccc3)CC2)CCO1. The minimum atomic E-state index is -0.329. The Morgan fingerprint density at radius 1 is 1.14 bits per heavy atom. The molecular formula is C24H30N2O2. The molecule has 3 heterocycles. The number of likely N-dealkylation sites (tertiary alicyclic amines) is 1. The van der Waals surface area contributed by atoms with Crippen LogP contribution in [0.25, 0.3) is 0 Å². The number of ketones is 1. The number of rotatable bonds is 5. The topological polar surface area (TPSA) is 42.4 Å². The van der Waals surface area contributed by atoms with E-state index in [9.17, 15) is 4.79 Å². The maximum absolute atomic E-state index is 13.6. The largest absolute Gasteiger partial charge is 0.378 e. The molecule has 1 aromatic heterocycles. The average Bonchev–Trinajstić information content (AvgIpc) is 2.75. The van der Waals surface area contributed by atoms with Crippen molar-refractivity contribution in [1.29, 1.82) is 0 Å². The number of ether oxygens (including phenoxy) is 1. The number of carbonyl (C=O) groups excluding carboxylic acids is 1. The Morgan fingerprint density at radius 3 is 2.57 bits per heavy atom. The highest BCUT2D eigenvalue weighted by molar-refractivity contribution is 5.99. The van der Waals surface area contributed by atoms with Gasteiger partial charge in [-0.25, -0.2) is 0 Å². The fourth-order valence-electron chi connectivity index (χ4n) is 5.12. The first-order valence-electron chi connectivity index (χ1n) is 10.5. The zero-order valence-corrected chi connectivity index (χ0v) is 16.7. The lowest BCUT2D eigenvalue weighted by Gasteiger charge is -2.47. The number of nitrogens with zero attached hydrogens (tertiary/aromatic N) is 2. The van der Waals surface area contributed by atoms with Gasteiger partial charge in [0.1, 0.15) is 5.69 Å². The molecule has 4 rings (SSSR count). The van der Waals surface area contributed by atoms with Gasteiger partial charge in [-0.15, -0.1) is 0 Å². The van der Waals surface area contributed by atoms with Crippen LogP contribution in [0.2, 0.25) is 0 Å². The van der Waals surface area contributed by atoms with Crippen molar-refractivity contribution < 1.29 is 9.53 Å². The van der Waals surface area contributed by atoms with Crippen molar-refractivity contribution in [3.05, 3.63) is 66.0 Å². The number of piperidine rings is 1. The van der Waals surface area contributed by atoms with Gasteiger partial charge in [0.2, 0.25) is 0 Å². The number of aromatic nitrogens is 1. The summed E-state index contributed by atoms with van der Waals surface area (Å²) in [5, 5.41) is 0. The monoisotopic (exact) mass is 378 g/mol. The van der Waals surface area contributed by atoms with E-state index >= 15 is 0 Å². The number of hydrogen-bond donors (Lipinski definition) is 0. The van der Waals surface area contributed by atoms with Crippen LogP contribution >= 0.6 is 0 Å². The summed E-state index contributed by atoms with van der Waals surface area (Å²) in [5.41, 5.74) is 1.65. The first kappa shape index (κ1) is 19.3. The molecule has 4 heteroatoms. The minimum absolute atomic E-state index is 0.128. The highest BCUT2D eigenvalue weighted by atomic mass is 16.5. The molecule has 0 bridgehead atoms. The fraction of sp³-hybridized carbons (Fsp3) is 0.500. The molecule has 0 aliphatic carbocycles. The lowest BCUT2D eigenvalue weighted by molar-refractivity contribution is -0.0595. The van der Waals surface area contributed by atoms with Gasteiger partial charge in [0, 0.05) is 24.8 Å². The van der Waals surface area contributed by atoms with Gasteiger partial charge >= 0.3 is 0 Å². The third-order valence-corrected chi connectivity index (χ3v) is 6.57. The van der Waals surface area contributed by atoms with Crippen molar-refractivity contribution in [3.8, 4) is 0 Å². The van der Waals surface area contributed by atoms with Gasteiger partial charge in [0.25, 0.3) is 0 Å². The normalized spacial score (nSPS) is 26.8. The molecule has 2 aliphatic heterocycles. The molecular weight excluding hydrogens is 348 g/mol. The van der Waals surface area contributed by atoms with Gasteiger partial charge < -0.3 is 4.74 Å². The van der Waals surface area contributed by atoms with Gasteiger partial charge in [0.15, 0.2) is 5.78 Å². The van der Waals surface area contributed by atoms with E-state index in [4.69, 9.17) is 4.74 Å². The van der Waals surface area contributed by atoms with Gasteiger partial charge in [-0.3, -0.25) is 14.7 Å². The van der Waals surface area contributed by atoms with E-state index in [0.717, 1.165) is 45.3 Å². The summed E-state index contributed by atoms with van der Waals surface area (Å²) in [6.45, 7) is 5.86. The third-order valence-electron chi connectivity index (χ3n) is 6.57. The molecule has 0 radical (unpaired) electrons. The molecule has 2 saturated heterocycles. The highest BCUT2D eigenvalue weighted by Gasteiger charge is 2.49. The predicted octanol–water partition coefficient (Wildman–Crippen LogP) is 4.36. The maximum Gasteiger partial charge on any atom is 0.187 e. The van der Waals surface area contributed by atoms with Gasteiger partial charge in [0.05, 0.1) is 6.10 Å². The number of hydrogen-bond acceptors (Lipinski definition) is 4. The van der Waals surface area contributed by atoms with E-state index in [-0.39, 0.29) is 17.3 Å². The molecule has 148 valence electrons. The molecule has 0 N–H and O–H groups in total. The lowest BCUT2D eigenvalue weighted by Crippen LogP contribution is -2.49. The molecule has 2 aliphatic rings. The number of benzene rings is 1. The molecule has 2 atom stereocenters. The van der Waals surface area contributed by atoms with E-state index in [1.54, 1.807) is 6.20 Å². The summed E-state index contributed by atoms with van der Waals surface area (Å²) in [6, 6.07) is 16.3. The Hall–Kier alpha value is -2.04. The van der Waals surface area contributed by atoms with E-state index in [1.165, 1.54) is 5.56 Å². The fourth-order valence-corrected chi connectivity index (χ4v) is 5.12. The molecule has 0 amide bonds. The van der Waals surface area contributed by atoms with Gasteiger partial charge in [-0.05, 0) is 69.3 Å². The zero-order valence-electron chi connectivity index (χ0n) is 16.7. The molecule has 28 heavy (non-hydrogen) atoms. The molecule has 4 nitrogen and oxygen atoms in total.